The van der Waals surface area contributed by atoms with E-state index < -0.39 is 0 Å². The second-order valence-electron chi connectivity index (χ2n) is 5.00. The van der Waals surface area contributed by atoms with Crippen molar-refractivity contribution in [1.82, 2.24) is 10.3 Å². The predicted molar refractivity (Wildman–Crippen MR) is 74.0 cm³/mol. The minimum atomic E-state index is -0.273. The molecule has 104 valence electrons. The number of carbonyl (C=O) groups is 1. The van der Waals surface area contributed by atoms with Crippen LogP contribution in [-0.2, 0) is 0 Å². The van der Waals surface area contributed by atoms with E-state index in [9.17, 15) is 9.90 Å². The summed E-state index contributed by atoms with van der Waals surface area (Å²) < 4.78 is 0. The molecule has 0 aromatic carbocycles. The summed E-state index contributed by atoms with van der Waals surface area (Å²) >= 11 is 5.87. The number of nitrogens with two attached hydrogens (primary N) is 1. The smallest absolute Gasteiger partial charge is 0.254 e. The van der Waals surface area contributed by atoms with E-state index in [4.69, 9.17) is 17.3 Å². The van der Waals surface area contributed by atoms with Crippen LogP contribution in [0.25, 0.3) is 0 Å². The predicted octanol–water partition coefficient (Wildman–Crippen LogP) is 1.60. The highest BCUT2D eigenvalue weighted by Crippen LogP contribution is 2.23. The highest BCUT2D eigenvalue weighted by molar-refractivity contribution is 6.32. The number of nitrogen functional groups attached to an aromatic ring is 1. The highest BCUT2D eigenvalue weighted by atomic mass is 35.5. The maximum Gasteiger partial charge on any atom is 0.254 e. The first-order valence-corrected chi connectivity index (χ1v) is 6.81. The third-order valence-corrected chi connectivity index (χ3v) is 3.71. The summed E-state index contributed by atoms with van der Waals surface area (Å²) in [5.41, 5.74) is 6.28. The zero-order valence-electron chi connectivity index (χ0n) is 10.6. The molecule has 0 radical (unpaired) electrons. The maximum absolute atomic E-state index is 12.0. The number of hydrogen-bond donors (Lipinski definition) is 3. The Balaban J connectivity index is 1.92. The van der Waals surface area contributed by atoms with Crippen LogP contribution in [-0.4, -0.2) is 28.6 Å². The number of nitrogens with zero attached hydrogens (tertiary/aromatic N) is 1. The van der Waals surface area contributed by atoms with E-state index in [1.165, 1.54) is 12.3 Å². The molecule has 1 fully saturated rings. The van der Waals surface area contributed by atoms with Gasteiger partial charge in [-0.15, -0.1) is 0 Å². The number of aliphatic hydroxyl groups is 1. The van der Waals surface area contributed by atoms with Gasteiger partial charge in [-0.05, 0) is 31.2 Å². The first-order chi connectivity index (χ1) is 9.06. The van der Waals surface area contributed by atoms with Gasteiger partial charge in [-0.2, -0.15) is 0 Å². The number of hydrogen-bond acceptors (Lipinski definition) is 4. The Bertz CT molecular complexity index is 467. The van der Waals surface area contributed by atoms with Crippen LogP contribution in [0, 0.1) is 5.92 Å². The Labute approximate surface area is 117 Å². The van der Waals surface area contributed by atoms with Crippen molar-refractivity contribution in [3.63, 3.8) is 0 Å². The van der Waals surface area contributed by atoms with Gasteiger partial charge >= 0.3 is 0 Å². The first-order valence-electron chi connectivity index (χ1n) is 6.43. The van der Waals surface area contributed by atoms with Crippen LogP contribution in [0.2, 0.25) is 5.15 Å². The average Bonchev–Trinajstić information content (AvgIpc) is 2.39. The number of anilines is 1. The van der Waals surface area contributed by atoms with E-state index in [2.05, 4.69) is 10.3 Å². The number of aliphatic hydroxyl groups excluding tert-OH is 1. The maximum atomic E-state index is 12.0. The third-order valence-electron chi connectivity index (χ3n) is 3.41. The minimum Gasteiger partial charge on any atom is -0.397 e. The number of nitrogens with one attached hydrogen (secondary N) is 1. The zero-order chi connectivity index (χ0) is 13.8. The van der Waals surface area contributed by atoms with Crippen molar-refractivity contribution in [2.24, 2.45) is 5.92 Å². The van der Waals surface area contributed by atoms with E-state index in [0.29, 0.717) is 18.2 Å². The number of carbonyl (C=O) groups excluding carboxylic acids is 1. The van der Waals surface area contributed by atoms with Gasteiger partial charge in [-0.25, -0.2) is 4.98 Å². The van der Waals surface area contributed by atoms with Crippen molar-refractivity contribution >= 4 is 23.2 Å². The van der Waals surface area contributed by atoms with Gasteiger partial charge in [0.1, 0.15) is 5.15 Å². The molecule has 2 unspecified atom stereocenters. The minimum absolute atomic E-state index is 0.148. The molecular formula is C13H18ClN3O2. The van der Waals surface area contributed by atoms with Gasteiger partial charge in [0.25, 0.3) is 5.91 Å². The lowest BCUT2D eigenvalue weighted by Gasteiger charge is -2.25. The Kier molecular flexibility index (Phi) is 4.61. The fourth-order valence-electron chi connectivity index (χ4n) is 2.40. The molecule has 0 bridgehead atoms. The summed E-state index contributed by atoms with van der Waals surface area (Å²) in [7, 11) is 0. The Morgan fingerprint density at radius 2 is 2.37 bits per heavy atom. The lowest BCUT2D eigenvalue weighted by Crippen LogP contribution is -2.33. The third kappa shape index (κ3) is 3.81. The van der Waals surface area contributed by atoms with Crippen LogP contribution in [0.15, 0.2) is 12.3 Å². The topological polar surface area (TPSA) is 88.2 Å². The molecule has 1 aliphatic rings. The van der Waals surface area contributed by atoms with Crippen molar-refractivity contribution in [1.29, 1.82) is 0 Å². The molecule has 1 aromatic heterocycles. The standard InChI is InChI=1S/C13H18ClN3O2/c14-12-11(5-9(15)7-16-12)13(19)17-6-8-2-1-3-10(18)4-8/h5,7-8,10,18H,1-4,6,15H2,(H,17,19). The molecule has 1 aromatic rings. The number of halogens is 1. The van der Waals surface area contributed by atoms with Crippen molar-refractivity contribution in [3.05, 3.63) is 23.0 Å². The molecule has 5 nitrogen and oxygen atoms in total. The Morgan fingerprint density at radius 3 is 3.11 bits per heavy atom. The summed E-state index contributed by atoms with van der Waals surface area (Å²) in [4.78, 5) is 15.8. The normalized spacial score (nSPS) is 23.1. The second kappa shape index (κ2) is 6.21. The van der Waals surface area contributed by atoms with Gasteiger partial charge in [-0.1, -0.05) is 18.0 Å². The number of aromatic nitrogens is 1. The summed E-state index contributed by atoms with van der Waals surface area (Å²) in [6, 6.07) is 1.51. The fourth-order valence-corrected chi connectivity index (χ4v) is 2.59. The van der Waals surface area contributed by atoms with Gasteiger partial charge in [0.05, 0.1) is 23.6 Å². The number of pyridine rings is 1. The van der Waals surface area contributed by atoms with Crippen LogP contribution < -0.4 is 11.1 Å². The van der Waals surface area contributed by atoms with Crippen molar-refractivity contribution in [2.75, 3.05) is 12.3 Å². The molecule has 19 heavy (non-hydrogen) atoms. The monoisotopic (exact) mass is 283 g/mol. The molecule has 1 saturated carbocycles. The van der Waals surface area contributed by atoms with E-state index in [0.717, 1.165) is 25.7 Å². The molecule has 1 aliphatic carbocycles. The zero-order valence-corrected chi connectivity index (χ0v) is 11.4. The van der Waals surface area contributed by atoms with Crippen molar-refractivity contribution < 1.29 is 9.90 Å². The number of amides is 1. The van der Waals surface area contributed by atoms with Crippen LogP contribution in [0.1, 0.15) is 36.0 Å². The summed E-state index contributed by atoms with van der Waals surface area (Å²) in [5, 5.41) is 12.6. The molecule has 0 spiro atoms. The molecule has 2 rings (SSSR count). The van der Waals surface area contributed by atoms with Crippen LogP contribution in [0.3, 0.4) is 0 Å². The quantitative estimate of drug-likeness (QED) is 0.735. The summed E-state index contributed by atoms with van der Waals surface area (Å²) in [6.07, 6.45) is 4.80. The highest BCUT2D eigenvalue weighted by Gasteiger charge is 2.21. The fraction of sp³-hybridized carbons (Fsp3) is 0.538. The lowest BCUT2D eigenvalue weighted by atomic mass is 9.87. The van der Waals surface area contributed by atoms with Gasteiger partial charge in [0, 0.05) is 6.54 Å². The molecule has 0 saturated heterocycles. The SMILES string of the molecule is Nc1cnc(Cl)c(C(=O)NCC2CCCC(O)C2)c1. The van der Waals surface area contributed by atoms with E-state index in [1.54, 1.807) is 0 Å². The van der Waals surface area contributed by atoms with Crippen molar-refractivity contribution in [3.8, 4) is 0 Å². The van der Waals surface area contributed by atoms with Gasteiger partial charge in [0.2, 0.25) is 0 Å². The molecular weight excluding hydrogens is 266 g/mol. The first kappa shape index (κ1) is 14.1. The second-order valence-corrected chi connectivity index (χ2v) is 5.36. The lowest BCUT2D eigenvalue weighted by molar-refractivity contribution is 0.0873. The molecule has 6 heteroatoms. The van der Waals surface area contributed by atoms with Crippen molar-refractivity contribution in [2.45, 2.75) is 31.8 Å². The summed E-state index contributed by atoms with van der Waals surface area (Å²) in [5.74, 6) is 0.0466. The van der Waals surface area contributed by atoms with E-state index in [1.807, 2.05) is 0 Å². The molecule has 2 atom stereocenters. The molecule has 1 amide bonds. The van der Waals surface area contributed by atoms with E-state index >= 15 is 0 Å². The average molecular weight is 284 g/mol. The molecule has 4 N–H and O–H groups in total. The Hall–Kier alpha value is -1.33. The molecule has 1 heterocycles. The number of rotatable bonds is 3. The van der Waals surface area contributed by atoms with Crippen LogP contribution in [0.4, 0.5) is 5.69 Å². The molecule has 0 aliphatic heterocycles. The largest absolute Gasteiger partial charge is 0.397 e. The van der Waals surface area contributed by atoms with Gasteiger partial charge < -0.3 is 16.2 Å². The van der Waals surface area contributed by atoms with E-state index in [-0.39, 0.29) is 22.7 Å². The van der Waals surface area contributed by atoms with Crippen LogP contribution in [0.5, 0.6) is 0 Å². The van der Waals surface area contributed by atoms with Gasteiger partial charge in [0.15, 0.2) is 0 Å². The van der Waals surface area contributed by atoms with Gasteiger partial charge in [-0.3, -0.25) is 4.79 Å². The Morgan fingerprint density at radius 1 is 1.58 bits per heavy atom. The van der Waals surface area contributed by atoms with Crippen LogP contribution >= 0.6 is 11.6 Å². The summed E-state index contributed by atoms with van der Waals surface area (Å²) in [6.45, 7) is 0.543.